The smallest absolute Gasteiger partial charge is 0.242 e. The van der Waals surface area contributed by atoms with E-state index >= 15 is 0 Å². The van der Waals surface area contributed by atoms with Crippen molar-refractivity contribution in [2.45, 2.75) is 38.3 Å². The van der Waals surface area contributed by atoms with Crippen molar-refractivity contribution in [1.29, 1.82) is 0 Å². The van der Waals surface area contributed by atoms with Crippen molar-refractivity contribution in [1.82, 2.24) is 4.90 Å². The molecule has 1 amide bonds. The fourth-order valence-corrected chi connectivity index (χ4v) is 3.18. The standard InChI is InChI=1S/C14H22N2O2S.ClH/c1-3-5-14(2,15)13(17)16-6-7-18-12(9-16)11-4-8-19-10-11;/h4,8,10,12H,3,5-7,9,15H2,1-2H3;1H. The third kappa shape index (κ3) is 3.95. The van der Waals surface area contributed by atoms with E-state index in [1.165, 1.54) is 0 Å². The van der Waals surface area contributed by atoms with E-state index in [-0.39, 0.29) is 24.4 Å². The summed E-state index contributed by atoms with van der Waals surface area (Å²) in [7, 11) is 0. The number of hydrogen-bond donors (Lipinski definition) is 1. The van der Waals surface area contributed by atoms with E-state index < -0.39 is 5.54 Å². The van der Waals surface area contributed by atoms with Gasteiger partial charge in [-0.2, -0.15) is 11.3 Å². The Bertz CT molecular complexity index is 423. The van der Waals surface area contributed by atoms with Crippen molar-refractivity contribution in [3.8, 4) is 0 Å². The maximum atomic E-state index is 12.5. The largest absolute Gasteiger partial charge is 0.370 e. The first kappa shape index (κ1) is 17.4. The molecule has 2 heterocycles. The van der Waals surface area contributed by atoms with Crippen LogP contribution in [0.15, 0.2) is 16.8 Å². The number of nitrogens with two attached hydrogens (primary N) is 1. The molecule has 6 heteroatoms. The Morgan fingerprint density at radius 3 is 3.00 bits per heavy atom. The summed E-state index contributed by atoms with van der Waals surface area (Å²) < 4.78 is 5.75. The highest BCUT2D eigenvalue weighted by atomic mass is 35.5. The van der Waals surface area contributed by atoms with Gasteiger partial charge in [-0.05, 0) is 35.7 Å². The van der Waals surface area contributed by atoms with Crippen molar-refractivity contribution >= 4 is 29.7 Å². The van der Waals surface area contributed by atoms with Crippen LogP contribution in [0.3, 0.4) is 0 Å². The first-order chi connectivity index (χ1) is 9.04. The molecule has 0 aliphatic carbocycles. The molecule has 1 aliphatic rings. The van der Waals surface area contributed by atoms with Gasteiger partial charge in [-0.15, -0.1) is 12.4 Å². The molecular weight excluding hydrogens is 296 g/mol. The minimum atomic E-state index is -0.759. The Balaban J connectivity index is 0.00000200. The van der Waals surface area contributed by atoms with Gasteiger partial charge in [0.15, 0.2) is 0 Å². The van der Waals surface area contributed by atoms with Crippen LogP contribution < -0.4 is 5.73 Å². The van der Waals surface area contributed by atoms with Gasteiger partial charge in [0, 0.05) is 6.54 Å². The quantitative estimate of drug-likeness (QED) is 0.928. The monoisotopic (exact) mass is 318 g/mol. The van der Waals surface area contributed by atoms with Crippen LogP contribution in [0.2, 0.25) is 0 Å². The van der Waals surface area contributed by atoms with Gasteiger partial charge in [0.25, 0.3) is 0 Å². The van der Waals surface area contributed by atoms with E-state index in [0.29, 0.717) is 26.1 Å². The lowest BCUT2D eigenvalue weighted by atomic mass is 9.95. The molecule has 2 rings (SSSR count). The lowest BCUT2D eigenvalue weighted by Crippen LogP contribution is -2.56. The molecule has 2 atom stereocenters. The maximum Gasteiger partial charge on any atom is 0.242 e. The molecule has 1 aromatic heterocycles. The van der Waals surface area contributed by atoms with Crippen LogP contribution in [0.5, 0.6) is 0 Å². The normalized spacial score (nSPS) is 21.9. The molecule has 114 valence electrons. The Morgan fingerprint density at radius 1 is 1.65 bits per heavy atom. The minimum absolute atomic E-state index is 0. The summed E-state index contributed by atoms with van der Waals surface area (Å²) in [6.07, 6.45) is 1.62. The Kier molecular flexibility index (Phi) is 6.45. The molecule has 1 fully saturated rings. The number of carbonyl (C=O) groups excluding carboxylic acids is 1. The number of amides is 1. The van der Waals surface area contributed by atoms with Gasteiger partial charge in [-0.1, -0.05) is 13.3 Å². The number of halogens is 1. The molecule has 0 bridgehead atoms. The average Bonchev–Trinajstić information content (AvgIpc) is 2.92. The Labute approximate surface area is 130 Å². The molecule has 4 nitrogen and oxygen atoms in total. The molecule has 2 unspecified atom stereocenters. The van der Waals surface area contributed by atoms with Crippen LogP contribution >= 0.6 is 23.7 Å². The summed E-state index contributed by atoms with van der Waals surface area (Å²) in [6, 6.07) is 2.05. The summed E-state index contributed by atoms with van der Waals surface area (Å²) in [5.41, 5.74) is 6.53. The predicted molar refractivity (Wildman–Crippen MR) is 84.3 cm³/mol. The van der Waals surface area contributed by atoms with Crippen LogP contribution in [0.4, 0.5) is 0 Å². The molecule has 2 N–H and O–H groups in total. The Hall–Kier alpha value is -0.620. The van der Waals surface area contributed by atoms with Crippen molar-refractivity contribution in [2.75, 3.05) is 19.7 Å². The first-order valence-corrected chi connectivity index (χ1v) is 7.71. The number of nitrogens with zero attached hydrogens (tertiary/aromatic N) is 1. The van der Waals surface area contributed by atoms with Crippen LogP contribution in [-0.4, -0.2) is 36.0 Å². The van der Waals surface area contributed by atoms with Crippen LogP contribution in [0.1, 0.15) is 38.4 Å². The van der Waals surface area contributed by atoms with Crippen molar-refractivity contribution in [3.05, 3.63) is 22.4 Å². The van der Waals surface area contributed by atoms with E-state index in [0.717, 1.165) is 12.0 Å². The van der Waals surface area contributed by atoms with Gasteiger partial charge in [0.05, 0.1) is 18.7 Å². The number of rotatable bonds is 4. The molecular formula is C14H23ClN2O2S. The van der Waals surface area contributed by atoms with Crippen LogP contribution in [0, 0.1) is 0 Å². The lowest BCUT2D eigenvalue weighted by molar-refractivity contribution is -0.144. The molecule has 1 aliphatic heterocycles. The highest BCUT2D eigenvalue weighted by Crippen LogP contribution is 2.25. The summed E-state index contributed by atoms with van der Waals surface area (Å²) >= 11 is 1.65. The molecule has 1 saturated heterocycles. The fourth-order valence-electron chi connectivity index (χ4n) is 2.48. The topological polar surface area (TPSA) is 55.6 Å². The zero-order chi connectivity index (χ0) is 13.9. The summed E-state index contributed by atoms with van der Waals surface area (Å²) in [5.74, 6) is 0.0397. The highest BCUT2D eigenvalue weighted by molar-refractivity contribution is 7.07. The van der Waals surface area contributed by atoms with Gasteiger partial charge in [0.2, 0.25) is 5.91 Å². The van der Waals surface area contributed by atoms with E-state index in [2.05, 4.69) is 11.4 Å². The lowest BCUT2D eigenvalue weighted by Gasteiger charge is -2.37. The number of hydrogen-bond acceptors (Lipinski definition) is 4. The predicted octanol–water partition coefficient (Wildman–Crippen LogP) is 2.59. The number of carbonyl (C=O) groups is 1. The second-order valence-electron chi connectivity index (χ2n) is 5.33. The van der Waals surface area contributed by atoms with Crippen LogP contribution in [0.25, 0.3) is 0 Å². The number of morpholine rings is 1. The van der Waals surface area contributed by atoms with E-state index in [9.17, 15) is 4.79 Å². The third-order valence-electron chi connectivity index (χ3n) is 3.53. The van der Waals surface area contributed by atoms with Crippen molar-refractivity contribution < 1.29 is 9.53 Å². The maximum absolute atomic E-state index is 12.5. The first-order valence-electron chi connectivity index (χ1n) is 6.76. The summed E-state index contributed by atoms with van der Waals surface area (Å²) in [5, 5.41) is 4.11. The zero-order valence-electron chi connectivity index (χ0n) is 12.0. The fraction of sp³-hybridized carbons (Fsp3) is 0.643. The average molecular weight is 319 g/mol. The number of ether oxygens (including phenoxy) is 1. The number of thiophene rings is 1. The molecule has 0 aromatic carbocycles. The summed E-state index contributed by atoms with van der Waals surface area (Å²) in [4.78, 5) is 14.3. The van der Waals surface area contributed by atoms with Crippen LogP contribution in [-0.2, 0) is 9.53 Å². The second-order valence-corrected chi connectivity index (χ2v) is 6.11. The van der Waals surface area contributed by atoms with E-state index in [1.54, 1.807) is 11.3 Å². The van der Waals surface area contributed by atoms with E-state index in [1.807, 2.05) is 24.1 Å². The minimum Gasteiger partial charge on any atom is -0.370 e. The summed E-state index contributed by atoms with van der Waals surface area (Å²) in [6.45, 7) is 5.69. The highest BCUT2D eigenvalue weighted by Gasteiger charge is 2.35. The van der Waals surface area contributed by atoms with Gasteiger partial charge >= 0.3 is 0 Å². The Morgan fingerprint density at radius 2 is 2.40 bits per heavy atom. The van der Waals surface area contributed by atoms with E-state index in [4.69, 9.17) is 10.5 Å². The molecule has 20 heavy (non-hydrogen) atoms. The van der Waals surface area contributed by atoms with Crippen molar-refractivity contribution in [3.63, 3.8) is 0 Å². The molecule has 0 radical (unpaired) electrons. The van der Waals surface area contributed by atoms with Gasteiger partial charge in [0.1, 0.15) is 6.10 Å². The zero-order valence-corrected chi connectivity index (χ0v) is 13.6. The third-order valence-corrected chi connectivity index (χ3v) is 4.23. The molecule has 0 spiro atoms. The van der Waals surface area contributed by atoms with Gasteiger partial charge in [-0.25, -0.2) is 0 Å². The van der Waals surface area contributed by atoms with Gasteiger partial charge in [-0.3, -0.25) is 4.79 Å². The van der Waals surface area contributed by atoms with Crippen molar-refractivity contribution in [2.24, 2.45) is 5.73 Å². The molecule has 0 saturated carbocycles. The second kappa shape index (κ2) is 7.41. The SMILES string of the molecule is CCCC(C)(N)C(=O)N1CCOC(c2ccsc2)C1.Cl. The van der Waals surface area contributed by atoms with Gasteiger partial charge < -0.3 is 15.4 Å². The molecule has 1 aromatic rings.